The summed E-state index contributed by atoms with van der Waals surface area (Å²) in [5, 5.41) is 21.3. The molecule has 104 valence electrons. The molecule has 3 heteroatoms. The Kier molecular flexibility index (Phi) is 3.41. The van der Waals surface area contributed by atoms with Gasteiger partial charge in [-0.3, -0.25) is 0 Å². The highest BCUT2D eigenvalue weighted by atomic mass is 16.5. The van der Waals surface area contributed by atoms with Crippen molar-refractivity contribution < 1.29 is 14.9 Å². The van der Waals surface area contributed by atoms with Crippen molar-refractivity contribution in [2.45, 2.75) is 81.5 Å². The van der Waals surface area contributed by atoms with E-state index < -0.39 is 11.7 Å². The van der Waals surface area contributed by atoms with Crippen LogP contribution < -0.4 is 0 Å². The first-order valence-electron chi connectivity index (χ1n) is 7.68. The Balaban J connectivity index is 1.65. The lowest BCUT2D eigenvalue weighted by Crippen LogP contribution is -2.54. The van der Waals surface area contributed by atoms with E-state index in [-0.39, 0.29) is 11.5 Å². The maximum atomic E-state index is 10.7. The number of aliphatic hydroxyl groups is 2. The lowest BCUT2D eigenvalue weighted by molar-refractivity contribution is -0.186. The number of rotatable bonds is 2. The summed E-state index contributed by atoms with van der Waals surface area (Å²) in [5.74, 6) is 0.238. The molecule has 2 unspecified atom stereocenters. The minimum atomic E-state index is -0.814. The second-order valence-electron chi connectivity index (χ2n) is 6.75. The highest BCUT2D eigenvalue weighted by Crippen LogP contribution is 2.47. The van der Waals surface area contributed by atoms with Crippen LogP contribution in [0.1, 0.15) is 64.2 Å². The summed E-state index contributed by atoms with van der Waals surface area (Å²) in [6.45, 7) is 0.762. The summed E-state index contributed by atoms with van der Waals surface area (Å²) in [7, 11) is 0. The molecule has 2 aliphatic carbocycles. The molecule has 1 saturated heterocycles. The molecule has 0 amide bonds. The van der Waals surface area contributed by atoms with Crippen LogP contribution in [0.25, 0.3) is 0 Å². The fraction of sp³-hybridized carbons (Fsp3) is 1.00. The van der Waals surface area contributed by atoms with E-state index in [1.54, 1.807) is 0 Å². The van der Waals surface area contributed by atoms with E-state index >= 15 is 0 Å². The summed E-state index contributed by atoms with van der Waals surface area (Å²) in [6, 6.07) is 0. The van der Waals surface area contributed by atoms with Crippen LogP contribution in [0.5, 0.6) is 0 Å². The number of hydrogen-bond acceptors (Lipinski definition) is 3. The monoisotopic (exact) mass is 254 g/mol. The van der Waals surface area contributed by atoms with Crippen LogP contribution in [-0.2, 0) is 4.74 Å². The van der Waals surface area contributed by atoms with Gasteiger partial charge >= 0.3 is 0 Å². The molecule has 1 heterocycles. The first-order valence-corrected chi connectivity index (χ1v) is 7.68. The van der Waals surface area contributed by atoms with Gasteiger partial charge in [-0.15, -0.1) is 0 Å². The van der Waals surface area contributed by atoms with E-state index in [1.807, 2.05) is 0 Å². The predicted molar refractivity (Wildman–Crippen MR) is 69.3 cm³/mol. The van der Waals surface area contributed by atoms with Crippen LogP contribution in [0.3, 0.4) is 0 Å². The first-order chi connectivity index (χ1) is 8.64. The molecule has 0 bridgehead atoms. The minimum Gasteiger partial charge on any atom is -0.390 e. The molecule has 0 radical (unpaired) electrons. The molecule has 3 nitrogen and oxygen atoms in total. The normalized spacial score (nSPS) is 36.0. The Morgan fingerprint density at radius 1 is 1.00 bits per heavy atom. The third kappa shape index (κ3) is 2.21. The molecular weight excluding hydrogens is 228 g/mol. The van der Waals surface area contributed by atoms with Crippen molar-refractivity contribution in [3.05, 3.63) is 0 Å². The molecule has 2 atom stereocenters. The predicted octanol–water partition coefficient (Wildman–Crippen LogP) is 2.39. The summed E-state index contributed by atoms with van der Waals surface area (Å²) in [5.41, 5.74) is -0.750. The SMILES string of the molecule is OC(C1CCOC2(CCC2)C1)C1(O)CCCCC1. The summed E-state index contributed by atoms with van der Waals surface area (Å²) >= 11 is 0. The Morgan fingerprint density at radius 3 is 2.33 bits per heavy atom. The standard InChI is InChI=1S/C15H26O3/c16-13(15(17)8-2-1-3-9-15)12-5-10-18-14(11-12)6-4-7-14/h12-13,16-17H,1-11H2. The van der Waals surface area contributed by atoms with Crippen molar-refractivity contribution in [2.24, 2.45) is 5.92 Å². The zero-order valence-electron chi connectivity index (χ0n) is 11.2. The first kappa shape index (κ1) is 12.9. The Bertz CT molecular complexity index is 292. The smallest absolute Gasteiger partial charge is 0.0908 e. The van der Waals surface area contributed by atoms with Crippen LogP contribution in [0.2, 0.25) is 0 Å². The van der Waals surface area contributed by atoms with Gasteiger partial charge in [0.15, 0.2) is 0 Å². The summed E-state index contributed by atoms with van der Waals surface area (Å²) < 4.78 is 5.91. The highest BCUT2D eigenvalue weighted by molar-refractivity contribution is 5.00. The lowest BCUT2D eigenvalue weighted by Gasteiger charge is -2.50. The zero-order chi connectivity index (χ0) is 12.6. The van der Waals surface area contributed by atoms with Crippen molar-refractivity contribution in [1.29, 1.82) is 0 Å². The molecule has 2 saturated carbocycles. The molecule has 2 N–H and O–H groups in total. The van der Waals surface area contributed by atoms with Crippen LogP contribution in [0.4, 0.5) is 0 Å². The average Bonchev–Trinajstić information content (AvgIpc) is 2.37. The number of aliphatic hydroxyl groups excluding tert-OH is 1. The van der Waals surface area contributed by atoms with Crippen LogP contribution >= 0.6 is 0 Å². The quantitative estimate of drug-likeness (QED) is 0.795. The third-order valence-electron chi connectivity index (χ3n) is 5.51. The van der Waals surface area contributed by atoms with Gasteiger partial charge in [-0.2, -0.15) is 0 Å². The van der Waals surface area contributed by atoms with E-state index in [1.165, 1.54) is 12.8 Å². The van der Waals surface area contributed by atoms with Crippen molar-refractivity contribution >= 4 is 0 Å². The number of ether oxygens (including phenoxy) is 1. The van der Waals surface area contributed by atoms with Gasteiger partial charge in [-0.1, -0.05) is 19.3 Å². The van der Waals surface area contributed by atoms with Gasteiger partial charge in [0.2, 0.25) is 0 Å². The third-order valence-corrected chi connectivity index (χ3v) is 5.51. The molecule has 3 aliphatic rings. The minimum absolute atomic E-state index is 0.0644. The lowest BCUT2D eigenvalue weighted by atomic mass is 9.67. The van der Waals surface area contributed by atoms with Gasteiger partial charge in [0.05, 0.1) is 17.3 Å². The maximum absolute atomic E-state index is 10.7. The van der Waals surface area contributed by atoms with Crippen LogP contribution in [-0.4, -0.2) is 34.1 Å². The van der Waals surface area contributed by atoms with Crippen molar-refractivity contribution in [1.82, 2.24) is 0 Å². The topological polar surface area (TPSA) is 49.7 Å². The zero-order valence-corrected chi connectivity index (χ0v) is 11.2. The van der Waals surface area contributed by atoms with Crippen LogP contribution in [0, 0.1) is 5.92 Å². The molecule has 0 aromatic heterocycles. The Labute approximate surface area is 110 Å². The molecule has 3 rings (SSSR count). The number of hydrogen-bond donors (Lipinski definition) is 2. The summed E-state index contributed by atoms with van der Waals surface area (Å²) in [6.07, 6.45) is 9.74. The van der Waals surface area contributed by atoms with Gasteiger partial charge in [0.1, 0.15) is 0 Å². The van der Waals surface area contributed by atoms with E-state index in [0.717, 1.165) is 58.0 Å². The van der Waals surface area contributed by atoms with Crippen molar-refractivity contribution in [3.8, 4) is 0 Å². The molecule has 3 fully saturated rings. The fourth-order valence-electron chi connectivity index (χ4n) is 4.15. The largest absolute Gasteiger partial charge is 0.390 e. The van der Waals surface area contributed by atoms with Gasteiger partial charge in [0.25, 0.3) is 0 Å². The highest BCUT2D eigenvalue weighted by Gasteiger charge is 2.48. The Hall–Kier alpha value is -0.120. The Morgan fingerprint density at radius 2 is 1.72 bits per heavy atom. The van der Waals surface area contributed by atoms with Crippen molar-refractivity contribution in [2.75, 3.05) is 6.61 Å². The van der Waals surface area contributed by atoms with Crippen LogP contribution in [0.15, 0.2) is 0 Å². The van der Waals surface area contributed by atoms with Crippen molar-refractivity contribution in [3.63, 3.8) is 0 Å². The van der Waals surface area contributed by atoms with Gasteiger partial charge in [-0.25, -0.2) is 0 Å². The van der Waals surface area contributed by atoms with E-state index in [2.05, 4.69) is 0 Å². The average molecular weight is 254 g/mol. The van der Waals surface area contributed by atoms with Gasteiger partial charge in [-0.05, 0) is 50.9 Å². The van der Waals surface area contributed by atoms with Gasteiger partial charge in [0, 0.05) is 6.61 Å². The van der Waals surface area contributed by atoms with E-state index in [4.69, 9.17) is 4.74 Å². The van der Waals surface area contributed by atoms with Gasteiger partial charge < -0.3 is 14.9 Å². The molecule has 18 heavy (non-hydrogen) atoms. The van der Waals surface area contributed by atoms with E-state index in [9.17, 15) is 10.2 Å². The molecule has 0 aromatic carbocycles. The molecular formula is C15H26O3. The maximum Gasteiger partial charge on any atom is 0.0908 e. The van der Waals surface area contributed by atoms with E-state index in [0.29, 0.717) is 0 Å². The fourth-order valence-corrected chi connectivity index (χ4v) is 4.15. The molecule has 1 spiro atoms. The molecule has 1 aliphatic heterocycles. The molecule has 0 aromatic rings. The second kappa shape index (κ2) is 4.77. The summed E-state index contributed by atoms with van der Waals surface area (Å²) in [4.78, 5) is 0. The second-order valence-corrected chi connectivity index (χ2v) is 6.75.